The zero-order chi connectivity index (χ0) is 19.3. The van der Waals surface area contributed by atoms with Gasteiger partial charge in [0, 0.05) is 16.3 Å². The maximum Gasteiger partial charge on any atom is 0.341 e. The first-order valence-electron chi connectivity index (χ1n) is 8.20. The fourth-order valence-corrected chi connectivity index (χ4v) is 3.73. The molecule has 0 bridgehead atoms. The maximum atomic E-state index is 12.2. The number of halogens is 1. The molecule has 1 aromatic heterocycles. The van der Waals surface area contributed by atoms with Crippen LogP contribution in [0.1, 0.15) is 39.2 Å². The van der Waals surface area contributed by atoms with Crippen molar-refractivity contribution in [1.82, 2.24) is 0 Å². The van der Waals surface area contributed by atoms with E-state index in [4.69, 9.17) is 21.1 Å². The number of benzene rings is 1. The fraction of sp³-hybridized carbons (Fsp3) is 0.368. The number of esters is 1. The molecule has 1 amide bonds. The minimum Gasteiger partial charge on any atom is -0.493 e. The van der Waals surface area contributed by atoms with Crippen LogP contribution >= 0.6 is 22.9 Å². The van der Waals surface area contributed by atoms with Gasteiger partial charge in [0.25, 0.3) is 0 Å². The summed E-state index contributed by atoms with van der Waals surface area (Å²) in [6.07, 6.45) is 0.855. The number of rotatable bonds is 7. The first kappa shape index (κ1) is 20.3. The second kappa shape index (κ2) is 9.05. The third kappa shape index (κ3) is 4.99. The first-order chi connectivity index (χ1) is 12.3. The highest BCUT2D eigenvalue weighted by molar-refractivity contribution is 7.16. The Morgan fingerprint density at radius 1 is 1.23 bits per heavy atom. The van der Waals surface area contributed by atoms with Crippen LogP contribution in [-0.4, -0.2) is 25.6 Å². The van der Waals surface area contributed by atoms with Crippen LogP contribution in [0.4, 0.5) is 5.00 Å². The lowest BCUT2D eigenvalue weighted by Crippen LogP contribution is -2.15. The van der Waals surface area contributed by atoms with Crippen LogP contribution in [0.5, 0.6) is 5.75 Å². The summed E-state index contributed by atoms with van der Waals surface area (Å²) in [5.41, 5.74) is 2.21. The maximum absolute atomic E-state index is 12.2. The molecule has 0 aliphatic rings. The summed E-state index contributed by atoms with van der Waals surface area (Å²) >= 11 is 7.29. The van der Waals surface area contributed by atoms with Crippen LogP contribution in [0.3, 0.4) is 0 Å². The largest absolute Gasteiger partial charge is 0.493 e. The molecule has 0 fully saturated rings. The third-order valence-electron chi connectivity index (χ3n) is 3.97. The number of aryl methyl sites for hydroxylation is 2. The molecule has 2 aromatic rings. The van der Waals surface area contributed by atoms with E-state index in [1.807, 2.05) is 32.9 Å². The standard InChI is InChI=1S/C19H22ClNO4S/c1-11-10-14(20)7-8-15(11)25-9-5-6-16(22)21-18-17(19(23)24-4)12(2)13(3)26-18/h7-8,10H,5-6,9H2,1-4H3,(H,21,22). The number of ether oxygens (including phenoxy) is 2. The molecule has 1 heterocycles. The number of carbonyl (C=O) groups excluding carboxylic acids is 2. The Kier molecular flexibility index (Phi) is 7.06. The zero-order valence-electron chi connectivity index (χ0n) is 15.3. The minimum atomic E-state index is -0.441. The highest BCUT2D eigenvalue weighted by Gasteiger charge is 2.21. The van der Waals surface area contributed by atoms with Crippen LogP contribution in [0.15, 0.2) is 18.2 Å². The quantitative estimate of drug-likeness (QED) is 0.534. The summed E-state index contributed by atoms with van der Waals surface area (Å²) in [6.45, 7) is 6.09. The predicted octanol–water partition coefficient (Wildman–Crippen LogP) is 4.91. The van der Waals surface area contributed by atoms with Crippen molar-refractivity contribution < 1.29 is 19.1 Å². The minimum absolute atomic E-state index is 0.159. The summed E-state index contributed by atoms with van der Waals surface area (Å²) in [5, 5.41) is 4.01. The van der Waals surface area contributed by atoms with E-state index in [0.717, 1.165) is 21.8 Å². The van der Waals surface area contributed by atoms with Crippen molar-refractivity contribution in [3.8, 4) is 5.75 Å². The molecule has 1 aromatic carbocycles. The van der Waals surface area contributed by atoms with Crippen LogP contribution in [-0.2, 0) is 9.53 Å². The van der Waals surface area contributed by atoms with Gasteiger partial charge in [-0.15, -0.1) is 11.3 Å². The van der Waals surface area contributed by atoms with E-state index < -0.39 is 5.97 Å². The normalized spacial score (nSPS) is 10.5. The Morgan fingerprint density at radius 2 is 1.96 bits per heavy atom. The molecule has 0 saturated heterocycles. The molecule has 7 heteroatoms. The van der Waals surface area contributed by atoms with Crippen molar-refractivity contribution in [2.24, 2.45) is 0 Å². The monoisotopic (exact) mass is 395 g/mol. The third-order valence-corrected chi connectivity index (χ3v) is 5.33. The van der Waals surface area contributed by atoms with Gasteiger partial charge in [0.05, 0.1) is 19.3 Å². The molecule has 0 unspecified atom stereocenters. The lowest BCUT2D eigenvalue weighted by molar-refractivity contribution is -0.116. The predicted molar refractivity (Wildman–Crippen MR) is 105 cm³/mol. The van der Waals surface area contributed by atoms with Crippen LogP contribution in [0.2, 0.25) is 5.02 Å². The summed E-state index contributed by atoms with van der Waals surface area (Å²) in [6, 6.07) is 5.42. The molecule has 0 saturated carbocycles. The van der Waals surface area contributed by atoms with Gasteiger partial charge in [-0.2, -0.15) is 0 Å². The van der Waals surface area contributed by atoms with E-state index in [9.17, 15) is 9.59 Å². The van der Waals surface area contributed by atoms with E-state index in [2.05, 4.69) is 5.32 Å². The molecule has 0 atom stereocenters. The van der Waals surface area contributed by atoms with E-state index in [1.54, 1.807) is 6.07 Å². The van der Waals surface area contributed by atoms with Gasteiger partial charge in [-0.25, -0.2) is 4.79 Å². The fourth-order valence-electron chi connectivity index (χ4n) is 2.44. The van der Waals surface area contributed by atoms with Gasteiger partial charge >= 0.3 is 5.97 Å². The SMILES string of the molecule is COC(=O)c1c(NC(=O)CCCOc2ccc(Cl)cc2C)sc(C)c1C. The molecule has 0 aliphatic carbocycles. The molecule has 0 spiro atoms. The van der Waals surface area contributed by atoms with Gasteiger partial charge in [0.1, 0.15) is 10.8 Å². The number of thiophene rings is 1. The Labute approximate surface area is 162 Å². The second-order valence-electron chi connectivity index (χ2n) is 5.89. The van der Waals surface area contributed by atoms with E-state index in [0.29, 0.717) is 35.0 Å². The molecule has 5 nitrogen and oxygen atoms in total. The Balaban J connectivity index is 1.88. The molecule has 140 valence electrons. The molecule has 0 radical (unpaired) electrons. The van der Waals surface area contributed by atoms with Crippen molar-refractivity contribution in [2.75, 3.05) is 19.0 Å². The number of nitrogens with one attached hydrogen (secondary N) is 1. The van der Waals surface area contributed by atoms with Crippen molar-refractivity contribution >= 4 is 39.8 Å². The molecule has 26 heavy (non-hydrogen) atoms. The zero-order valence-corrected chi connectivity index (χ0v) is 16.8. The van der Waals surface area contributed by atoms with E-state index in [1.165, 1.54) is 18.4 Å². The Bertz CT molecular complexity index is 816. The number of carbonyl (C=O) groups is 2. The summed E-state index contributed by atoms with van der Waals surface area (Å²) in [5.74, 6) is 0.156. The van der Waals surface area contributed by atoms with Gasteiger partial charge < -0.3 is 14.8 Å². The number of anilines is 1. The number of amides is 1. The van der Waals surface area contributed by atoms with Crippen molar-refractivity contribution in [1.29, 1.82) is 0 Å². The first-order valence-corrected chi connectivity index (χ1v) is 9.40. The second-order valence-corrected chi connectivity index (χ2v) is 7.55. The lowest BCUT2D eigenvalue weighted by Gasteiger charge is -2.09. The van der Waals surface area contributed by atoms with Crippen molar-refractivity contribution in [2.45, 2.75) is 33.6 Å². The molecule has 1 N–H and O–H groups in total. The summed E-state index contributed by atoms with van der Waals surface area (Å²) in [7, 11) is 1.33. The average molecular weight is 396 g/mol. The molecular weight excluding hydrogens is 374 g/mol. The number of hydrogen-bond donors (Lipinski definition) is 1. The Morgan fingerprint density at radius 3 is 2.62 bits per heavy atom. The number of methoxy groups -OCH3 is 1. The van der Waals surface area contributed by atoms with E-state index >= 15 is 0 Å². The van der Waals surface area contributed by atoms with Crippen molar-refractivity contribution in [3.05, 3.63) is 44.8 Å². The Hall–Kier alpha value is -2.05. The van der Waals surface area contributed by atoms with Gasteiger partial charge in [0.15, 0.2) is 0 Å². The van der Waals surface area contributed by atoms with Crippen LogP contribution < -0.4 is 10.1 Å². The van der Waals surface area contributed by atoms with Crippen molar-refractivity contribution in [3.63, 3.8) is 0 Å². The van der Waals surface area contributed by atoms with Gasteiger partial charge in [-0.05, 0) is 56.5 Å². The average Bonchev–Trinajstić information content (AvgIpc) is 2.86. The topological polar surface area (TPSA) is 64.6 Å². The highest BCUT2D eigenvalue weighted by Crippen LogP contribution is 2.33. The smallest absolute Gasteiger partial charge is 0.341 e. The molecule has 0 aliphatic heterocycles. The van der Waals surface area contributed by atoms with Gasteiger partial charge in [-0.3, -0.25) is 4.79 Å². The highest BCUT2D eigenvalue weighted by atomic mass is 35.5. The summed E-state index contributed by atoms with van der Waals surface area (Å²) in [4.78, 5) is 25.1. The van der Waals surface area contributed by atoms with Gasteiger partial charge in [-0.1, -0.05) is 11.6 Å². The summed E-state index contributed by atoms with van der Waals surface area (Å²) < 4.78 is 10.5. The molecule has 2 rings (SSSR count). The van der Waals surface area contributed by atoms with E-state index in [-0.39, 0.29) is 5.91 Å². The lowest BCUT2D eigenvalue weighted by atomic mass is 10.1. The van der Waals surface area contributed by atoms with Crippen LogP contribution in [0, 0.1) is 20.8 Å². The number of hydrogen-bond acceptors (Lipinski definition) is 5. The van der Waals surface area contributed by atoms with Gasteiger partial charge in [0.2, 0.25) is 5.91 Å². The molecular formula is C19H22ClNO4S. The van der Waals surface area contributed by atoms with Crippen LogP contribution in [0.25, 0.3) is 0 Å².